The number of hydrogen-bond donors (Lipinski definition) is 1. The van der Waals surface area contributed by atoms with Crippen LogP contribution >= 0.6 is 0 Å². The van der Waals surface area contributed by atoms with E-state index in [1.54, 1.807) is 35.2 Å². The van der Waals surface area contributed by atoms with E-state index in [0.717, 1.165) is 27.7 Å². The summed E-state index contributed by atoms with van der Waals surface area (Å²) in [5.74, 6) is 0.575. The second-order valence-corrected chi connectivity index (χ2v) is 9.21. The van der Waals surface area contributed by atoms with E-state index in [0.29, 0.717) is 27.8 Å². The van der Waals surface area contributed by atoms with Crippen LogP contribution in [-0.2, 0) is 0 Å². The van der Waals surface area contributed by atoms with Crippen LogP contribution in [0.4, 0.5) is 5.82 Å². The number of nitrogens with zero attached hydrogens (tertiary/aromatic N) is 6. The van der Waals surface area contributed by atoms with Crippen molar-refractivity contribution in [1.82, 2.24) is 24.5 Å². The maximum Gasteiger partial charge on any atom is 0.316 e. The summed E-state index contributed by atoms with van der Waals surface area (Å²) < 4.78 is 6.82. The van der Waals surface area contributed by atoms with Crippen LogP contribution in [0.5, 0.6) is 6.01 Å². The number of anilines is 1. The fraction of sp³-hybridized carbons (Fsp3) is 0.0968. The molecule has 0 aliphatic heterocycles. The summed E-state index contributed by atoms with van der Waals surface area (Å²) in [6, 6.07) is 24.6. The molecule has 3 heterocycles. The van der Waals surface area contributed by atoms with Gasteiger partial charge in [0.2, 0.25) is 0 Å². The van der Waals surface area contributed by atoms with Gasteiger partial charge in [-0.1, -0.05) is 36.4 Å². The first-order chi connectivity index (χ1) is 19.6. The molecule has 0 fully saturated rings. The Morgan fingerprint density at radius 2 is 1.75 bits per heavy atom. The standard InChI is InChI=1S/C31H23N7O2/c1-19(37-29-25-13-20(15-32)11-12-26(25)35-18-36-29)27-14-21-7-6-10-24(22-16-33-31(40-2)34-17-22)28(21)30(39)38(27)23-8-4-3-5-9-23/h3-14,16-19H,1-2H3,(H,35,36,37)/t19-/m0/s1. The Balaban J connectivity index is 1.54. The molecule has 0 spiro atoms. The summed E-state index contributed by atoms with van der Waals surface area (Å²) in [4.78, 5) is 31.6. The molecule has 0 amide bonds. The Morgan fingerprint density at radius 3 is 2.50 bits per heavy atom. The SMILES string of the molecule is COc1ncc(-c2cccc3cc([C@H](C)Nc4ncnc5ccc(C#N)cc45)n(-c4ccccc4)c(=O)c23)cn1. The second-order valence-electron chi connectivity index (χ2n) is 9.21. The molecule has 0 unspecified atom stereocenters. The van der Waals surface area contributed by atoms with E-state index in [1.165, 1.54) is 13.4 Å². The molecule has 0 bridgehead atoms. The summed E-state index contributed by atoms with van der Waals surface area (Å²) in [6.07, 6.45) is 4.79. The number of fused-ring (bicyclic) bond motifs is 2. The Hall–Kier alpha value is -5.62. The first-order valence-electron chi connectivity index (χ1n) is 12.6. The molecule has 0 radical (unpaired) electrons. The third kappa shape index (κ3) is 4.37. The highest BCUT2D eigenvalue weighted by Crippen LogP contribution is 2.31. The molecule has 9 heteroatoms. The molecule has 0 aliphatic carbocycles. The minimum absolute atomic E-state index is 0.168. The van der Waals surface area contributed by atoms with Gasteiger partial charge in [-0.3, -0.25) is 9.36 Å². The van der Waals surface area contributed by atoms with E-state index in [4.69, 9.17) is 4.74 Å². The Labute approximate surface area is 229 Å². The summed E-state index contributed by atoms with van der Waals surface area (Å²) in [6.45, 7) is 1.98. The topological polar surface area (TPSA) is 119 Å². The van der Waals surface area contributed by atoms with E-state index in [9.17, 15) is 10.1 Å². The van der Waals surface area contributed by atoms with Crippen molar-refractivity contribution < 1.29 is 4.74 Å². The van der Waals surface area contributed by atoms with Crippen molar-refractivity contribution in [1.29, 1.82) is 5.26 Å². The number of methoxy groups -OCH3 is 1. The average molecular weight is 526 g/mol. The Kier molecular flexibility index (Phi) is 6.34. The van der Waals surface area contributed by atoms with Crippen LogP contribution in [0.1, 0.15) is 24.2 Å². The number of rotatable bonds is 6. The third-order valence-corrected chi connectivity index (χ3v) is 6.77. The van der Waals surface area contributed by atoms with Crippen LogP contribution in [0.3, 0.4) is 0 Å². The number of nitriles is 1. The van der Waals surface area contributed by atoms with Crippen molar-refractivity contribution in [3.8, 4) is 28.9 Å². The lowest BCUT2D eigenvalue weighted by Gasteiger charge is -2.22. The summed E-state index contributed by atoms with van der Waals surface area (Å²) in [5.41, 5.74) is 3.98. The quantitative estimate of drug-likeness (QED) is 0.305. The maximum atomic E-state index is 14.3. The molecule has 40 heavy (non-hydrogen) atoms. The zero-order chi connectivity index (χ0) is 27.6. The van der Waals surface area contributed by atoms with E-state index < -0.39 is 0 Å². The zero-order valence-corrected chi connectivity index (χ0v) is 21.7. The van der Waals surface area contributed by atoms with Gasteiger partial charge in [-0.15, -0.1) is 0 Å². The van der Waals surface area contributed by atoms with Crippen LogP contribution in [0.15, 0.2) is 96.3 Å². The smallest absolute Gasteiger partial charge is 0.316 e. The molecule has 6 rings (SSSR count). The van der Waals surface area contributed by atoms with Crippen LogP contribution in [0, 0.1) is 11.3 Å². The van der Waals surface area contributed by atoms with Crippen molar-refractivity contribution in [3.05, 3.63) is 113 Å². The fourth-order valence-electron chi connectivity index (χ4n) is 4.87. The summed E-state index contributed by atoms with van der Waals surface area (Å²) in [7, 11) is 1.51. The van der Waals surface area contributed by atoms with Gasteiger partial charge in [0.15, 0.2) is 0 Å². The van der Waals surface area contributed by atoms with Crippen molar-refractivity contribution in [3.63, 3.8) is 0 Å². The van der Waals surface area contributed by atoms with Crippen LogP contribution < -0.4 is 15.6 Å². The average Bonchev–Trinajstić information content (AvgIpc) is 3.01. The Morgan fingerprint density at radius 1 is 0.950 bits per heavy atom. The number of aromatic nitrogens is 5. The molecule has 6 aromatic rings. The van der Waals surface area contributed by atoms with Crippen LogP contribution in [0.2, 0.25) is 0 Å². The van der Waals surface area contributed by atoms with Crippen molar-refractivity contribution in [2.24, 2.45) is 0 Å². The number of ether oxygens (including phenoxy) is 1. The number of para-hydroxylation sites is 1. The lowest BCUT2D eigenvalue weighted by Crippen LogP contribution is -2.26. The van der Waals surface area contributed by atoms with Crippen LogP contribution in [-0.4, -0.2) is 31.6 Å². The number of hydrogen-bond acceptors (Lipinski definition) is 8. The van der Waals surface area contributed by atoms with E-state index in [1.807, 2.05) is 61.5 Å². The first-order valence-corrected chi connectivity index (χ1v) is 12.6. The second kappa shape index (κ2) is 10.3. The predicted octanol–water partition coefficient (Wildman–Crippen LogP) is 5.44. The fourth-order valence-corrected chi connectivity index (χ4v) is 4.87. The molecule has 3 aromatic heterocycles. The molecule has 0 aliphatic rings. The largest absolute Gasteiger partial charge is 0.467 e. The monoisotopic (exact) mass is 525 g/mol. The van der Waals surface area contributed by atoms with E-state index >= 15 is 0 Å². The van der Waals surface area contributed by atoms with Crippen molar-refractivity contribution >= 4 is 27.5 Å². The van der Waals surface area contributed by atoms with Gasteiger partial charge in [-0.2, -0.15) is 5.26 Å². The molecular weight excluding hydrogens is 502 g/mol. The minimum Gasteiger partial charge on any atom is -0.467 e. The molecular formula is C31H23N7O2. The van der Waals surface area contributed by atoms with Crippen molar-refractivity contribution in [2.45, 2.75) is 13.0 Å². The number of nitrogens with one attached hydrogen (secondary N) is 1. The lowest BCUT2D eigenvalue weighted by molar-refractivity contribution is 0.380. The van der Waals surface area contributed by atoms with E-state index in [-0.39, 0.29) is 17.6 Å². The molecule has 3 aromatic carbocycles. The molecule has 194 valence electrons. The normalized spacial score (nSPS) is 11.7. The molecule has 1 atom stereocenters. The van der Waals surface area contributed by atoms with Crippen molar-refractivity contribution in [2.75, 3.05) is 12.4 Å². The van der Waals surface area contributed by atoms with Crippen LogP contribution in [0.25, 0.3) is 38.5 Å². The summed E-state index contributed by atoms with van der Waals surface area (Å²) in [5, 5.41) is 14.9. The van der Waals surface area contributed by atoms with Gasteiger partial charge in [0.05, 0.1) is 35.7 Å². The van der Waals surface area contributed by atoms with Gasteiger partial charge in [0.25, 0.3) is 5.56 Å². The van der Waals surface area contributed by atoms with Gasteiger partial charge in [0, 0.05) is 34.7 Å². The zero-order valence-electron chi connectivity index (χ0n) is 21.7. The number of benzene rings is 3. The van der Waals surface area contributed by atoms with Gasteiger partial charge in [-0.25, -0.2) is 19.9 Å². The molecule has 1 N–H and O–H groups in total. The predicted molar refractivity (Wildman–Crippen MR) is 153 cm³/mol. The highest BCUT2D eigenvalue weighted by molar-refractivity contribution is 5.96. The molecule has 0 saturated heterocycles. The highest BCUT2D eigenvalue weighted by Gasteiger charge is 2.20. The minimum atomic E-state index is -0.339. The Bertz CT molecular complexity index is 1960. The lowest BCUT2D eigenvalue weighted by atomic mass is 9.99. The molecule has 9 nitrogen and oxygen atoms in total. The molecule has 0 saturated carbocycles. The highest BCUT2D eigenvalue weighted by atomic mass is 16.5. The van der Waals surface area contributed by atoms with Gasteiger partial charge < -0.3 is 10.1 Å². The van der Waals surface area contributed by atoms with Gasteiger partial charge in [0.1, 0.15) is 12.1 Å². The number of pyridine rings is 1. The van der Waals surface area contributed by atoms with Gasteiger partial charge in [-0.05, 0) is 54.3 Å². The summed E-state index contributed by atoms with van der Waals surface area (Å²) >= 11 is 0. The maximum absolute atomic E-state index is 14.3. The van der Waals surface area contributed by atoms with E-state index in [2.05, 4.69) is 31.3 Å². The third-order valence-electron chi connectivity index (χ3n) is 6.77. The van der Waals surface area contributed by atoms with Gasteiger partial charge >= 0.3 is 6.01 Å². The first kappa shape index (κ1) is 24.7.